The number of rotatable bonds is 8. The molecule has 1 aromatic rings. The molecule has 9 nitrogen and oxygen atoms in total. The van der Waals surface area contributed by atoms with Gasteiger partial charge in [0.1, 0.15) is 6.54 Å². The lowest BCUT2D eigenvalue weighted by atomic mass is 10.2. The van der Waals surface area contributed by atoms with Gasteiger partial charge in [0.05, 0.1) is 10.0 Å². The average molecular weight is 492 g/mol. The predicted molar refractivity (Wildman–Crippen MR) is 105 cm³/mol. The van der Waals surface area contributed by atoms with Crippen LogP contribution in [0.2, 0.25) is 10.0 Å². The fraction of sp³-hybridized carbons (Fsp3) is 0.529. The molecule has 1 aliphatic rings. The van der Waals surface area contributed by atoms with Gasteiger partial charge in [-0.15, -0.1) is 0 Å². The normalized spacial score (nSPS) is 18.3. The number of aliphatic hydroxyl groups excluding tert-OH is 2. The van der Waals surface area contributed by atoms with E-state index in [9.17, 15) is 22.8 Å². The predicted octanol–water partition coefficient (Wildman–Crippen LogP) is 1.10. The van der Waals surface area contributed by atoms with Crippen LogP contribution in [0.4, 0.5) is 13.2 Å². The second kappa shape index (κ2) is 12.4. The third-order valence-corrected chi connectivity index (χ3v) is 4.85. The summed E-state index contributed by atoms with van der Waals surface area (Å²) in [5.74, 6) is -3.54. The summed E-state index contributed by atoms with van der Waals surface area (Å²) in [5, 5.41) is 37.4. The fourth-order valence-corrected chi connectivity index (χ4v) is 2.91. The monoisotopic (exact) mass is 491 g/mol. The van der Waals surface area contributed by atoms with Crippen LogP contribution in [0.1, 0.15) is 12.0 Å². The number of carboxylic acids is 2. The Labute approximate surface area is 185 Å². The lowest BCUT2D eigenvalue weighted by molar-refractivity contribution is -0.165. The van der Waals surface area contributed by atoms with Crippen LogP contribution in [0.25, 0.3) is 0 Å². The molecule has 0 saturated carbocycles. The van der Waals surface area contributed by atoms with E-state index < -0.39 is 36.9 Å². The number of alkyl halides is 3. The third-order valence-electron chi connectivity index (χ3n) is 3.99. The maximum atomic E-state index is 12.7. The maximum absolute atomic E-state index is 12.7. The minimum Gasteiger partial charge on any atom is -0.479 e. The number of hydrogen-bond donors (Lipinski definition) is 6. The molecule has 6 N–H and O–H groups in total. The van der Waals surface area contributed by atoms with Gasteiger partial charge in [-0.2, -0.15) is 13.2 Å². The Hall–Kier alpha value is -1.67. The Morgan fingerprint density at radius 2 is 1.77 bits per heavy atom. The third kappa shape index (κ3) is 9.99. The van der Waals surface area contributed by atoms with Crippen molar-refractivity contribution in [3.63, 3.8) is 0 Å². The van der Waals surface area contributed by atoms with Gasteiger partial charge in [-0.25, -0.2) is 14.6 Å². The quantitative estimate of drug-likeness (QED) is 0.294. The van der Waals surface area contributed by atoms with Gasteiger partial charge in [0.15, 0.2) is 12.2 Å². The summed E-state index contributed by atoms with van der Waals surface area (Å²) in [6.07, 6.45) is -8.03. The van der Waals surface area contributed by atoms with Gasteiger partial charge in [-0.1, -0.05) is 35.3 Å². The van der Waals surface area contributed by atoms with Gasteiger partial charge in [0, 0.05) is 19.1 Å². The first-order valence-electron chi connectivity index (χ1n) is 8.85. The molecule has 0 aromatic heterocycles. The van der Waals surface area contributed by atoms with Crippen LogP contribution in [0.15, 0.2) is 18.2 Å². The van der Waals surface area contributed by atoms with Crippen LogP contribution in [-0.4, -0.2) is 81.4 Å². The average Bonchev–Trinajstić information content (AvgIpc) is 3.16. The van der Waals surface area contributed by atoms with E-state index in [4.69, 9.17) is 43.6 Å². The van der Waals surface area contributed by atoms with Crippen molar-refractivity contribution in [3.05, 3.63) is 33.8 Å². The van der Waals surface area contributed by atoms with Crippen molar-refractivity contribution < 1.29 is 43.2 Å². The number of aliphatic hydroxyl groups is 2. The molecule has 2 rings (SSSR count). The molecule has 0 spiro atoms. The highest BCUT2D eigenvalue weighted by molar-refractivity contribution is 6.42. The molecule has 14 heteroatoms. The minimum atomic E-state index is -4.29. The molecule has 0 bridgehead atoms. The lowest BCUT2D eigenvalue weighted by Gasteiger charge is -2.28. The van der Waals surface area contributed by atoms with Crippen molar-refractivity contribution >= 4 is 35.1 Å². The van der Waals surface area contributed by atoms with Crippen LogP contribution >= 0.6 is 23.2 Å². The topological polar surface area (TPSA) is 142 Å². The Morgan fingerprint density at radius 1 is 1.19 bits per heavy atom. The number of hydrazine groups is 1. The Morgan fingerprint density at radius 3 is 2.23 bits per heavy atom. The van der Waals surface area contributed by atoms with Gasteiger partial charge in [-0.3, -0.25) is 5.43 Å². The van der Waals surface area contributed by atoms with Crippen molar-refractivity contribution in [2.45, 2.75) is 37.4 Å². The number of benzene rings is 1. The van der Waals surface area contributed by atoms with E-state index in [-0.39, 0.29) is 17.6 Å². The van der Waals surface area contributed by atoms with Crippen molar-refractivity contribution in [1.29, 1.82) is 0 Å². The summed E-state index contributed by atoms with van der Waals surface area (Å²) in [6, 6.07) is 4.94. The molecule has 3 atom stereocenters. The molecule has 1 heterocycles. The van der Waals surface area contributed by atoms with Crippen LogP contribution < -0.4 is 10.7 Å². The molecule has 0 aliphatic carbocycles. The summed E-state index contributed by atoms with van der Waals surface area (Å²) >= 11 is 11.9. The Bertz CT molecular complexity index is 732. The highest BCUT2D eigenvalue weighted by Crippen LogP contribution is 2.27. The summed E-state index contributed by atoms with van der Waals surface area (Å²) < 4.78 is 38.1. The standard InChI is InChI=1S/C13H16Cl2F3N3.C4H6O6/c14-11-3-1-2-9(12(11)15)7-21(8-13(16,17)18)20-10-4-5-19-6-10;5-1(3(7)8)2(6)4(9)10/h1-3,10,19-20H,4-8H2;1-2,5-6H,(H,7,8)(H,9,10)/t10-;1-,2-/m01/s1. The number of carbonyl (C=O) groups is 2. The fourth-order valence-electron chi connectivity index (χ4n) is 2.53. The number of carboxylic acid groups (broad SMARTS) is 2. The Balaban J connectivity index is 0.000000407. The molecular weight excluding hydrogens is 470 g/mol. The second-order valence-electron chi connectivity index (χ2n) is 6.57. The SMILES string of the molecule is FC(F)(F)CN(Cc1cccc(Cl)c1Cl)N[C@H]1CCNC1.O=C(O)[C@H](O)[C@@H](O)C(=O)O. The number of halogens is 5. The Kier molecular flexibility index (Phi) is 10.9. The van der Waals surface area contributed by atoms with E-state index >= 15 is 0 Å². The summed E-state index contributed by atoms with van der Waals surface area (Å²) in [7, 11) is 0. The van der Waals surface area contributed by atoms with E-state index in [0.717, 1.165) is 18.0 Å². The second-order valence-corrected chi connectivity index (χ2v) is 7.35. The number of nitrogens with zero attached hydrogens (tertiary/aromatic N) is 1. The number of hydrogen-bond acceptors (Lipinski definition) is 7. The van der Waals surface area contributed by atoms with Crippen LogP contribution in [0, 0.1) is 0 Å². The van der Waals surface area contributed by atoms with Crippen molar-refractivity contribution in [3.8, 4) is 0 Å². The van der Waals surface area contributed by atoms with Gasteiger partial charge >= 0.3 is 18.1 Å². The van der Waals surface area contributed by atoms with Crippen molar-refractivity contribution in [2.24, 2.45) is 0 Å². The first-order valence-corrected chi connectivity index (χ1v) is 9.60. The van der Waals surface area contributed by atoms with Crippen LogP contribution in [-0.2, 0) is 16.1 Å². The molecule has 0 unspecified atom stereocenters. The van der Waals surface area contributed by atoms with Crippen molar-refractivity contribution in [2.75, 3.05) is 19.6 Å². The van der Waals surface area contributed by atoms with E-state index in [0.29, 0.717) is 17.1 Å². The van der Waals surface area contributed by atoms with Gasteiger partial charge in [0.25, 0.3) is 0 Å². The molecule has 176 valence electrons. The summed E-state index contributed by atoms with van der Waals surface area (Å²) in [5.41, 5.74) is 3.48. The molecule has 31 heavy (non-hydrogen) atoms. The highest BCUT2D eigenvalue weighted by Gasteiger charge is 2.32. The molecule has 1 aromatic carbocycles. The summed E-state index contributed by atoms with van der Waals surface area (Å²) in [6.45, 7) is 0.439. The first kappa shape index (κ1) is 27.4. The lowest BCUT2D eigenvalue weighted by Crippen LogP contribution is -2.49. The highest BCUT2D eigenvalue weighted by atomic mass is 35.5. The zero-order chi connectivity index (χ0) is 23.8. The molecule has 1 saturated heterocycles. The van der Waals surface area contributed by atoms with E-state index in [1.807, 2.05) is 0 Å². The largest absolute Gasteiger partial charge is 0.479 e. The molecular formula is C17H22Cl2F3N3O6. The number of nitrogens with one attached hydrogen (secondary N) is 2. The molecule has 0 radical (unpaired) electrons. The van der Waals surface area contributed by atoms with E-state index in [2.05, 4.69) is 10.7 Å². The van der Waals surface area contributed by atoms with Crippen LogP contribution in [0.3, 0.4) is 0 Å². The maximum Gasteiger partial charge on any atom is 0.402 e. The summed E-state index contributed by atoms with van der Waals surface area (Å²) in [4.78, 5) is 19.5. The van der Waals surface area contributed by atoms with E-state index in [1.54, 1.807) is 18.2 Å². The zero-order valence-electron chi connectivity index (χ0n) is 15.9. The molecule has 1 aliphatic heterocycles. The number of aliphatic carboxylic acids is 2. The van der Waals surface area contributed by atoms with Crippen LogP contribution in [0.5, 0.6) is 0 Å². The molecule has 1 fully saturated rings. The van der Waals surface area contributed by atoms with E-state index in [1.165, 1.54) is 0 Å². The smallest absolute Gasteiger partial charge is 0.402 e. The minimum absolute atomic E-state index is 0.00897. The first-order chi connectivity index (χ1) is 14.3. The molecule has 0 amide bonds. The zero-order valence-corrected chi connectivity index (χ0v) is 17.5. The van der Waals surface area contributed by atoms with Gasteiger partial charge in [0.2, 0.25) is 0 Å². The van der Waals surface area contributed by atoms with Crippen molar-refractivity contribution in [1.82, 2.24) is 15.8 Å². The van der Waals surface area contributed by atoms with Gasteiger partial charge in [-0.05, 0) is 24.6 Å². The van der Waals surface area contributed by atoms with Gasteiger partial charge < -0.3 is 25.7 Å².